The zero-order valence-electron chi connectivity index (χ0n) is 9.52. The average molecular weight is 219 g/mol. The number of nitrogens with zero attached hydrogens (tertiary/aromatic N) is 1. The summed E-state index contributed by atoms with van der Waals surface area (Å²) in [6.45, 7) is 3.51. The van der Waals surface area contributed by atoms with E-state index in [1.54, 1.807) is 0 Å². The highest BCUT2D eigenvalue weighted by Crippen LogP contribution is 2.20. The number of carbonyl (C=O) groups is 1. The summed E-state index contributed by atoms with van der Waals surface area (Å²) >= 11 is 0. The highest BCUT2D eigenvalue weighted by Gasteiger charge is 2.28. The summed E-state index contributed by atoms with van der Waals surface area (Å²) in [7, 11) is 0. The van der Waals surface area contributed by atoms with Gasteiger partial charge in [0.15, 0.2) is 0 Å². The van der Waals surface area contributed by atoms with E-state index in [1.807, 2.05) is 17.0 Å². The van der Waals surface area contributed by atoms with Crippen molar-refractivity contribution in [3.05, 3.63) is 35.4 Å². The van der Waals surface area contributed by atoms with Crippen molar-refractivity contribution in [3.63, 3.8) is 0 Å². The van der Waals surface area contributed by atoms with E-state index in [1.165, 1.54) is 11.1 Å². The van der Waals surface area contributed by atoms with E-state index >= 15 is 0 Å². The Morgan fingerprint density at radius 3 is 2.81 bits per heavy atom. The minimum atomic E-state index is 0.107. The van der Waals surface area contributed by atoms with Gasteiger partial charge in [0.25, 0.3) is 0 Å². The lowest BCUT2D eigenvalue weighted by Crippen LogP contribution is -2.25. The Morgan fingerprint density at radius 1 is 1.44 bits per heavy atom. The van der Waals surface area contributed by atoms with Crippen molar-refractivity contribution in [1.82, 2.24) is 4.90 Å². The van der Waals surface area contributed by atoms with Gasteiger partial charge in [0.1, 0.15) is 0 Å². The molecule has 3 nitrogen and oxygen atoms in total. The largest absolute Gasteiger partial charge is 0.396 e. The fraction of sp³-hybridized carbons (Fsp3) is 0.462. The summed E-state index contributed by atoms with van der Waals surface area (Å²) in [5.74, 6) is 0.277. The minimum absolute atomic E-state index is 0.107. The third-order valence-electron chi connectivity index (χ3n) is 3.18. The molecular formula is C13H17NO2. The molecular weight excluding hydrogens is 202 g/mol. The summed E-state index contributed by atoms with van der Waals surface area (Å²) in [5, 5.41) is 9.04. The van der Waals surface area contributed by atoms with Gasteiger partial charge < -0.3 is 10.0 Å². The average Bonchev–Trinajstić information content (AvgIpc) is 2.63. The van der Waals surface area contributed by atoms with Gasteiger partial charge in [0.2, 0.25) is 5.91 Å². The number of aliphatic hydroxyl groups excluding tert-OH is 1. The zero-order chi connectivity index (χ0) is 11.5. The van der Waals surface area contributed by atoms with Crippen LogP contribution in [0.15, 0.2) is 24.3 Å². The molecule has 1 heterocycles. The van der Waals surface area contributed by atoms with Crippen molar-refractivity contribution < 1.29 is 9.90 Å². The van der Waals surface area contributed by atoms with Crippen LogP contribution in [-0.4, -0.2) is 29.1 Å². The number of amides is 1. The smallest absolute Gasteiger partial charge is 0.223 e. The molecule has 0 saturated carbocycles. The van der Waals surface area contributed by atoms with Crippen LogP contribution in [0.5, 0.6) is 0 Å². The van der Waals surface area contributed by atoms with Gasteiger partial charge in [-0.3, -0.25) is 4.79 Å². The van der Waals surface area contributed by atoms with Gasteiger partial charge in [-0.05, 0) is 18.1 Å². The molecule has 0 radical (unpaired) electrons. The van der Waals surface area contributed by atoms with E-state index in [0.29, 0.717) is 19.5 Å². The van der Waals surface area contributed by atoms with Crippen LogP contribution < -0.4 is 0 Å². The fourth-order valence-corrected chi connectivity index (χ4v) is 2.12. The van der Waals surface area contributed by atoms with Gasteiger partial charge in [-0.15, -0.1) is 0 Å². The molecule has 1 aliphatic heterocycles. The Morgan fingerprint density at radius 2 is 2.19 bits per heavy atom. The fourth-order valence-electron chi connectivity index (χ4n) is 2.12. The Labute approximate surface area is 95.7 Å². The number of rotatable bonds is 3. The first-order valence-corrected chi connectivity index (χ1v) is 5.64. The predicted octanol–water partition coefficient (Wildman–Crippen LogP) is 1.34. The molecule has 1 aliphatic rings. The van der Waals surface area contributed by atoms with Crippen LogP contribution in [0.2, 0.25) is 0 Å². The van der Waals surface area contributed by atoms with Crippen molar-refractivity contribution in [2.45, 2.75) is 19.9 Å². The first-order valence-electron chi connectivity index (χ1n) is 5.64. The van der Waals surface area contributed by atoms with Crippen LogP contribution in [-0.2, 0) is 11.3 Å². The lowest BCUT2D eigenvalue weighted by molar-refractivity contribution is -0.128. The molecule has 1 saturated heterocycles. The second-order valence-corrected chi connectivity index (χ2v) is 4.45. The maximum absolute atomic E-state index is 11.7. The van der Waals surface area contributed by atoms with Crippen LogP contribution in [0.25, 0.3) is 0 Å². The lowest BCUT2D eigenvalue weighted by atomic mass is 10.1. The molecule has 1 aromatic rings. The van der Waals surface area contributed by atoms with E-state index in [2.05, 4.69) is 19.1 Å². The quantitative estimate of drug-likeness (QED) is 0.833. The van der Waals surface area contributed by atoms with Crippen LogP contribution in [0, 0.1) is 12.8 Å². The molecule has 1 atom stereocenters. The molecule has 0 aromatic heterocycles. The molecule has 0 spiro atoms. The number of carbonyl (C=O) groups excluding carboxylic acids is 1. The second kappa shape index (κ2) is 4.66. The molecule has 1 unspecified atom stereocenters. The predicted molar refractivity (Wildman–Crippen MR) is 61.8 cm³/mol. The first-order chi connectivity index (χ1) is 7.70. The SMILES string of the molecule is Cc1ccccc1CN1CC(CO)CC1=O. The van der Waals surface area contributed by atoms with Crippen molar-refractivity contribution in [2.75, 3.05) is 13.2 Å². The van der Waals surface area contributed by atoms with Gasteiger partial charge in [0, 0.05) is 32.0 Å². The number of aliphatic hydroxyl groups is 1. The summed E-state index contributed by atoms with van der Waals surface area (Å²) in [4.78, 5) is 13.5. The number of likely N-dealkylation sites (tertiary alicyclic amines) is 1. The summed E-state index contributed by atoms with van der Waals surface area (Å²) in [6, 6.07) is 8.10. The number of hydrogen-bond acceptors (Lipinski definition) is 2. The Hall–Kier alpha value is -1.35. The number of benzene rings is 1. The zero-order valence-corrected chi connectivity index (χ0v) is 9.52. The third kappa shape index (κ3) is 2.25. The summed E-state index contributed by atoms with van der Waals surface area (Å²) < 4.78 is 0. The van der Waals surface area contributed by atoms with Crippen molar-refractivity contribution >= 4 is 5.91 Å². The number of aryl methyl sites for hydroxylation is 1. The topological polar surface area (TPSA) is 40.5 Å². The van der Waals surface area contributed by atoms with Crippen molar-refractivity contribution in [3.8, 4) is 0 Å². The van der Waals surface area contributed by atoms with Gasteiger partial charge in [-0.2, -0.15) is 0 Å². The van der Waals surface area contributed by atoms with Gasteiger partial charge in [-0.1, -0.05) is 24.3 Å². The maximum Gasteiger partial charge on any atom is 0.223 e. The van der Waals surface area contributed by atoms with Crippen LogP contribution in [0.4, 0.5) is 0 Å². The minimum Gasteiger partial charge on any atom is -0.396 e. The molecule has 16 heavy (non-hydrogen) atoms. The Bertz CT molecular complexity index is 389. The van der Waals surface area contributed by atoms with E-state index < -0.39 is 0 Å². The van der Waals surface area contributed by atoms with Crippen molar-refractivity contribution in [2.24, 2.45) is 5.92 Å². The molecule has 3 heteroatoms. The molecule has 2 rings (SSSR count). The highest BCUT2D eigenvalue weighted by molar-refractivity contribution is 5.78. The Kier molecular flexibility index (Phi) is 3.25. The van der Waals surface area contributed by atoms with E-state index in [-0.39, 0.29) is 18.4 Å². The van der Waals surface area contributed by atoms with Gasteiger partial charge in [-0.25, -0.2) is 0 Å². The first kappa shape index (κ1) is 11.1. The van der Waals surface area contributed by atoms with Crippen LogP contribution in [0.1, 0.15) is 17.5 Å². The van der Waals surface area contributed by atoms with E-state index in [4.69, 9.17) is 5.11 Å². The van der Waals surface area contributed by atoms with E-state index in [0.717, 1.165) is 0 Å². The standard InChI is InChI=1S/C13H17NO2/c1-10-4-2-3-5-12(10)8-14-7-11(9-15)6-13(14)16/h2-5,11,15H,6-9H2,1H3. The maximum atomic E-state index is 11.7. The normalized spacial score (nSPS) is 20.5. The molecule has 1 aromatic carbocycles. The molecule has 1 amide bonds. The molecule has 0 aliphatic carbocycles. The Balaban J connectivity index is 2.06. The van der Waals surface area contributed by atoms with Crippen LogP contribution in [0.3, 0.4) is 0 Å². The monoisotopic (exact) mass is 219 g/mol. The highest BCUT2D eigenvalue weighted by atomic mass is 16.3. The molecule has 0 bridgehead atoms. The van der Waals surface area contributed by atoms with Gasteiger partial charge >= 0.3 is 0 Å². The summed E-state index contributed by atoms with van der Waals surface area (Å²) in [6.07, 6.45) is 0.488. The van der Waals surface area contributed by atoms with E-state index in [9.17, 15) is 4.79 Å². The van der Waals surface area contributed by atoms with Crippen molar-refractivity contribution in [1.29, 1.82) is 0 Å². The second-order valence-electron chi connectivity index (χ2n) is 4.45. The molecule has 86 valence electrons. The lowest BCUT2D eigenvalue weighted by Gasteiger charge is -2.17. The molecule has 1 N–H and O–H groups in total. The van der Waals surface area contributed by atoms with Crippen LogP contribution >= 0.6 is 0 Å². The number of hydrogen-bond donors (Lipinski definition) is 1. The summed E-state index contributed by atoms with van der Waals surface area (Å²) in [5.41, 5.74) is 2.40. The molecule has 1 fully saturated rings. The van der Waals surface area contributed by atoms with Gasteiger partial charge in [0.05, 0.1) is 0 Å². The third-order valence-corrected chi connectivity index (χ3v) is 3.18.